The molecule has 2 aliphatic heterocycles. The van der Waals surface area contributed by atoms with Crippen LogP contribution in [0.1, 0.15) is 12.5 Å². The third-order valence-electron chi connectivity index (χ3n) is 5.88. The number of benzene rings is 2. The van der Waals surface area contributed by atoms with Crippen molar-refractivity contribution in [3.63, 3.8) is 0 Å². The molecule has 0 radical (unpaired) electrons. The Kier molecular flexibility index (Phi) is 7.25. The van der Waals surface area contributed by atoms with Gasteiger partial charge < -0.3 is 29.5 Å². The largest absolute Gasteiger partial charge is 0.508 e. The molecule has 0 spiro atoms. The second-order valence-electron chi connectivity index (χ2n) is 8.37. The summed E-state index contributed by atoms with van der Waals surface area (Å²) < 4.78 is 10.8. The van der Waals surface area contributed by atoms with Gasteiger partial charge in [-0.1, -0.05) is 0 Å². The molecule has 36 heavy (non-hydrogen) atoms. The fraction of sp³-hybridized carbons (Fsp3) is 0.333. The number of phenolic OH excluding ortho intramolecular Hbond substituents is 1. The van der Waals surface area contributed by atoms with E-state index in [9.17, 15) is 19.8 Å². The molecule has 0 aliphatic carbocycles. The molecule has 2 aromatic rings. The number of rotatable bonds is 8. The molecule has 2 aromatic carbocycles. The Bertz CT molecular complexity index is 1170. The molecule has 4 N–H and O–H groups in total. The number of carbonyl (C=O) groups excluding carboxylic acids is 2. The van der Waals surface area contributed by atoms with Gasteiger partial charge in [0.1, 0.15) is 30.0 Å². The number of β-amino-alcohol motifs (C(OH)–C–C–N with tert-alkyl or cyclic N) is 1. The van der Waals surface area contributed by atoms with Crippen molar-refractivity contribution in [3.05, 3.63) is 54.1 Å². The highest BCUT2D eigenvalue weighted by Crippen LogP contribution is 2.24. The summed E-state index contributed by atoms with van der Waals surface area (Å²) in [4.78, 5) is 32.2. The average Bonchev–Trinajstić information content (AvgIpc) is 3.24. The first-order chi connectivity index (χ1) is 17.3. The summed E-state index contributed by atoms with van der Waals surface area (Å²) in [5, 5.41) is 26.9. The molecular formula is C24H28N6O6. The Labute approximate surface area is 207 Å². The van der Waals surface area contributed by atoms with Gasteiger partial charge >= 0.3 is 6.03 Å². The van der Waals surface area contributed by atoms with Gasteiger partial charge in [-0.2, -0.15) is 5.10 Å². The van der Waals surface area contributed by atoms with E-state index in [2.05, 4.69) is 20.8 Å². The van der Waals surface area contributed by atoms with Gasteiger partial charge in [-0.25, -0.2) is 15.2 Å². The predicted octanol–water partition coefficient (Wildman–Crippen LogP) is 0.702. The number of aliphatic hydroxyl groups is 1. The molecule has 1 saturated heterocycles. The van der Waals surface area contributed by atoms with Crippen LogP contribution in [-0.4, -0.2) is 89.2 Å². The summed E-state index contributed by atoms with van der Waals surface area (Å²) in [6.07, 6.45) is -1.77. The van der Waals surface area contributed by atoms with Crippen molar-refractivity contribution >= 4 is 23.6 Å². The monoisotopic (exact) mass is 496 g/mol. The number of ether oxygens (including phenoxy) is 2. The zero-order chi connectivity index (χ0) is 25.8. The first-order valence-electron chi connectivity index (χ1n) is 11.2. The minimum absolute atomic E-state index is 0.00756. The van der Waals surface area contributed by atoms with E-state index in [0.29, 0.717) is 17.2 Å². The Balaban J connectivity index is 1.49. The maximum Gasteiger partial charge on any atom is 0.325 e. The molecular weight excluding hydrogens is 468 g/mol. The van der Waals surface area contributed by atoms with E-state index in [0.717, 1.165) is 5.56 Å². The molecule has 1 fully saturated rings. The number of urea groups is 1. The van der Waals surface area contributed by atoms with Gasteiger partial charge in [0.05, 0.1) is 19.4 Å². The molecule has 4 rings (SSSR count). The number of hydrogen-bond donors (Lipinski definition) is 4. The zero-order valence-electron chi connectivity index (χ0n) is 20.1. The number of nitrogens with one attached hydrogen (secondary N) is 2. The maximum atomic E-state index is 12.7. The van der Waals surface area contributed by atoms with E-state index in [1.54, 1.807) is 67.5 Å². The Hall–Kier alpha value is -4.32. The van der Waals surface area contributed by atoms with E-state index in [4.69, 9.17) is 9.47 Å². The number of imide groups is 1. The van der Waals surface area contributed by atoms with E-state index < -0.39 is 30.2 Å². The van der Waals surface area contributed by atoms with E-state index in [1.165, 1.54) is 11.9 Å². The highest BCUT2D eigenvalue weighted by molar-refractivity contribution is 6.04. The third kappa shape index (κ3) is 5.33. The summed E-state index contributed by atoms with van der Waals surface area (Å²) in [5.41, 5.74) is 4.23. The molecule has 3 atom stereocenters. The number of aliphatic imine (C=N–C) groups is 1. The summed E-state index contributed by atoms with van der Waals surface area (Å²) >= 11 is 0. The van der Waals surface area contributed by atoms with Gasteiger partial charge in [0.15, 0.2) is 12.2 Å². The van der Waals surface area contributed by atoms with Crippen molar-refractivity contribution in [1.82, 2.24) is 20.5 Å². The lowest BCUT2D eigenvalue weighted by Crippen LogP contribution is -2.64. The molecule has 0 aromatic heterocycles. The Morgan fingerprint density at radius 3 is 2.50 bits per heavy atom. The molecule has 3 unspecified atom stereocenters. The normalized spacial score (nSPS) is 20.4. The molecule has 2 heterocycles. The third-order valence-corrected chi connectivity index (χ3v) is 5.88. The molecule has 190 valence electrons. The molecule has 0 bridgehead atoms. The first kappa shape index (κ1) is 24.8. The van der Waals surface area contributed by atoms with Crippen LogP contribution >= 0.6 is 0 Å². The second-order valence-corrected chi connectivity index (χ2v) is 8.37. The van der Waals surface area contributed by atoms with E-state index in [1.807, 2.05) is 0 Å². The summed E-state index contributed by atoms with van der Waals surface area (Å²) in [6.45, 7) is 1.72. The molecule has 12 heteroatoms. The summed E-state index contributed by atoms with van der Waals surface area (Å²) in [6, 6.07) is 12.1. The number of likely N-dealkylation sites (N-methyl/N-ethyl adjacent to an activating group) is 1. The Morgan fingerprint density at radius 2 is 1.83 bits per heavy atom. The SMILES string of the molecule is COc1ccc(OCC(O)CN2C(N/N=C(\C)c3ccc(O)cc3)=NC3C2C(=O)NC(=O)N3C)cc1. The lowest BCUT2D eigenvalue weighted by molar-refractivity contribution is -0.127. The zero-order valence-corrected chi connectivity index (χ0v) is 20.1. The minimum Gasteiger partial charge on any atom is -0.508 e. The van der Waals surface area contributed by atoms with Gasteiger partial charge in [0, 0.05) is 7.05 Å². The van der Waals surface area contributed by atoms with Gasteiger partial charge in [0.2, 0.25) is 5.96 Å². The van der Waals surface area contributed by atoms with Crippen molar-refractivity contribution in [2.45, 2.75) is 25.2 Å². The van der Waals surface area contributed by atoms with Crippen molar-refractivity contribution < 1.29 is 29.3 Å². The Morgan fingerprint density at radius 1 is 1.17 bits per heavy atom. The smallest absolute Gasteiger partial charge is 0.325 e. The van der Waals surface area contributed by atoms with E-state index >= 15 is 0 Å². The highest BCUT2D eigenvalue weighted by atomic mass is 16.5. The van der Waals surface area contributed by atoms with Gasteiger partial charge in [-0.15, -0.1) is 0 Å². The maximum absolute atomic E-state index is 12.7. The second kappa shape index (κ2) is 10.5. The number of aliphatic hydroxyl groups excluding tert-OH is 1. The number of guanidine groups is 1. The number of methoxy groups -OCH3 is 1. The number of carbonyl (C=O) groups is 2. The first-order valence-corrected chi connectivity index (χ1v) is 11.2. The highest BCUT2D eigenvalue weighted by Gasteiger charge is 2.49. The molecule has 3 amide bonds. The number of phenols is 1. The standard InChI is InChI=1S/C24H28N6O6/c1-14(15-4-6-16(31)7-5-15)27-28-23-25-21-20(22(33)26-24(34)29(21)2)30(23)12-17(32)13-36-19-10-8-18(35-3)9-11-19/h4-11,17,20-21,31-32H,12-13H2,1-3H3,(H,25,28)(H,26,33,34)/b27-14+. The van der Waals surface area contributed by atoms with Crippen LogP contribution in [0.3, 0.4) is 0 Å². The van der Waals surface area contributed by atoms with Crippen LogP contribution in [0, 0.1) is 0 Å². The van der Waals surface area contributed by atoms with Crippen LogP contribution in [0.15, 0.2) is 58.6 Å². The lowest BCUT2D eigenvalue weighted by Gasteiger charge is -2.36. The van der Waals surface area contributed by atoms with Crippen LogP contribution in [0.2, 0.25) is 0 Å². The molecule has 0 saturated carbocycles. The number of aromatic hydroxyl groups is 1. The number of amides is 3. The number of nitrogens with zero attached hydrogens (tertiary/aromatic N) is 4. The predicted molar refractivity (Wildman–Crippen MR) is 131 cm³/mol. The van der Waals surface area contributed by atoms with Crippen LogP contribution in [0.5, 0.6) is 17.2 Å². The van der Waals surface area contributed by atoms with Crippen molar-refractivity contribution in [3.8, 4) is 17.2 Å². The summed E-state index contributed by atoms with van der Waals surface area (Å²) in [7, 11) is 3.11. The fourth-order valence-electron chi connectivity index (χ4n) is 3.86. The van der Waals surface area contributed by atoms with Crippen molar-refractivity contribution in [1.29, 1.82) is 0 Å². The molecule has 2 aliphatic rings. The van der Waals surface area contributed by atoms with Crippen LogP contribution < -0.4 is 20.2 Å². The quantitative estimate of drug-likeness (QED) is 0.308. The van der Waals surface area contributed by atoms with Crippen molar-refractivity contribution in [2.24, 2.45) is 10.1 Å². The number of hydrazone groups is 1. The fourth-order valence-corrected chi connectivity index (χ4v) is 3.86. The molecule has 12 nitrogen and oxygen atoms in total. The lowest BCUT2D eigenvalue weighted by atomic mass is 10.1. The minimum atomic E-state index is -0.990. The number of fused-ring (bicyclic) bond motifs is 1. The summed E-state index contributed by atoms with van der Waals surface area (Å²) in [5.74, 6) is 1.08. The van der Waals surface area contributed by atoms with Gasteiger partial charge in [-0.05, 0) is 61.0 Å². The van der Waals surface area contributed by atoms with Crippen molar-refractivity contribution in [2.75, 3.05) is 27.3 Å². The van der Waals surface area contributed by atoms with Crippen LogP contribution in [0.25, 0.3) is 0 Å². The van der Waals surface area contributed by atoms with Gasteiger partial charge in [-0.3, -0.25) is 10.1 Å². The van der Waals surface area contributed by atoms with Gasteiger partial charge in [0.25, 0.3) is 5.91 Å². The number of hydrogen-bond acceptors (Lipinski definition) is 10. The average molecular weight is 497 g/mol. The topological polar surface area (TPSA) is 148 Å². The van der Waals surface area contributed by atoms with Crippen LogP contribution in [-0.2, 0) is 4.79 Å². The van der Waals surface area contributed by atoms with E-state index in [-0.39, 0.29) is 24.9 Å². The van der Waals surface area contributed by atoms with Crippen LogP contribution in [0.4, 0.5) is 4.79 Å².